The van der Waals surface area contributed by atoms with Gasteiger partial charge in [0.2, 0.25) is 11.8 Å². The molecule has 1 aromatic rings. The number of hydrogen-bond acceptors (Lipinski definition) is 5. The number of nitrogens with one attached hydrogen (secondary N) is 1. The van der Waals surface area contributed by atoms with Crippen molar-refractivity contribution in [3.63, 3.8) is 0 Å². The fourth-order valence-corrected chi connectivity index (χ4v) is 4.96. The summed E-state index contributed by atoms with van der Waals surface area (Å²) in [6.07, 6.45) is 1.49. The number of amides is 3. The molecule has 168 valence electrons. The first-order chi connectivity index (χ1) is 15.0. The van der Waals surface area contributed by atoms with Crippen molar-refractivity contribution in [1.82, 2.24) is 20.0 Å². The zero-order chi connectivity index (χ0) is 21.8. The van der Waals surface area contributed by atoms with Crippen molar-refractivity contribution in [2.75, 3.05) is 52.5 Å². The minimum Gasteiger partial charge on any atom is -0.379 e. The molecule has 8 nitrogen and oxygen atoms in total. The lowest BCUT2D eigenvalue weighted by atomic mass is 9.82. The number of morpholine rings is 1. The zero-order valence-electron chi connectivity index (χ0n) is 18.3. The Morgan fingerprint density at radius 1 is 1.10 bits per heavy atom. The molecule has 0 bridgehead atoms. The van der Waals surface area contributed by atoms with Gasteiger partial charge in [-0.2, -0.15) is 0 Å². The molecule has 31 heavy (non-hydrogen) atoms. The summed E-state index contributed by atoms with van der Waals surface area (Å²) in [5.74, 6) is 0.000814. The van der Waals surface area contributed by atoms with E-state index in [1.807, 2.05) is 34.1 Å². The number of ether oxygens (including phenoxy) is 1. The summed E-state index contributed by atoms with van der Waals surface area (Å²) in [5, 5.41) is 3.06. The van der Waals surface area contributed by atoms with E-state index in [0.717, 1.165) is 44.0 Å². The van der Waals surface area contributed by atoms with Gasteiger partial charge in [-0.05, 0) is 24.5 Å². The van der Waals surface area contributed by atoms with Gasteiger partial charge in [-0.15, -0.1) is 0 Å². The first kappa shape index (κ1) is 21.8. The van der Waals surface area contributed by atoms with Crippen molar-refractivity contribution in [3.05, 3.63) is 35.4 Å². The maximum Gasteiger partial charge on any atom is 0.254 e. The molecule has 2 fully saturated rings. The van der Waals surface area contributed by atoms with E-state index in [-0.39, 0.29) is 24.1 Å². The summed E-state index contributed by atoms with van der Waals surface area (Å²) in [7, 11) is 0. The van der Waals surface area contributed by atoms with Crippen molar-refractivity contribution in [3.8, 4) is 0 Å². The standard InChI is InChI=1S/C23H32N4O4/c1-18(28)26-9-6-23(7-10-26,27-17-19-4-2-3-5-20(19)22(27)30)16-21(29)24-8-11-25-12-14-31-15-13-25/h2-5H,6-17H2,1H3,(H,24,29). The van der Waals surface area contributed by atoms with Gasteiger partial charge in [0.05, 0.1) is 25.2 Å². The molecule has 3 aliphatic heterocycles. The third kappa shape index (κ3) is 4.75. The third-order valence-corrected chi connectivity index (χ3v) is 6.88. The van der Waals surface area contributed by atoms with Gasteiger partial charge < -0.3 is 19.9 Å². The minimum absolute atomic E-state index is 0.00649. The first-order valence-electron chi connectivity index (χ1n) is 11.2. The molecule has 8 heteroatoms. The highest BCUT2D eigenvalue weighted by Gasteiger charge is 2.47. The smallest absolute Gasteiger partial charge is 0.254 e. The Balaban J connectivity index is 1.43. The van der Waals surface area contributed by atoms with Gasteiger partial charge in [0.25, 0.3) is 5.91 Å². The topological polar surface area (TPSA) is 82.2 Å². The van der Waals surface area contributed by atoms with E-state index >= 15 is 0 Å². The molecule has 0 saturated carbocycles. The molecule has 0 unspecified atom stereocenters. The van der Waals surface area contributed by atoms with Gasteiger partial charge in [0.15, 0.2) is 0 Å². The number of piperidine rings is 1. The number of rotatable bonds is 6. The van der Waals surface area contributed by atoms with Crippen molar-refractivity contribution in [2.45, 2.75) is 38.3 Å². The predicted octanol–water partition coefficient (Wildman–Crippen LogP) is 0.862. The maximum atomic E-state index is 13.2. The van der Waals surface area contributed by atoms with Gasteiger partial charge in [0, 0.05) is 58.3 Å². The van der Waals surface area contributed by atoms with E-state index < -0.39 is 5.54 Å². The lowest BCUT2D eigenvalue weighted by Gasteiger charge is -2.47. The number of hydrogen-bond donors (Lipinski definition) is 1. The molecule has 0 aliphatic carbocycles. The molecule has 0 atom stereocenters. The largest absolute Gasteiger partial charge is 0.379 e. The van der Waals surface area contributed by atoms with Crippen molar-refractivity contribution in [2.24, 2.45) is 0 Å². The highest BCUT2D eigenvalue weighted by atomic mass is 16.5. The summed E-state index contributed by atoms with van der Waals surface area (Å²) in [4.78, 5) is 44.0. The number of fused-ring (bicyclic) bond motifs is 1. The van der Waals surface area contributed by atoms with Crippen LogP contribution in [-0.4, -0.2) is 90.4 Å². The number of carbonyl (C=O) groups excluding carboxylic acids is 3. The Kier molecular flexibility index (Phi) is 6.57. The molecule has 1 N–H and O–H groups in total. The fraction of sp³-hybridized carbons (Fsp3) is 0.609. The minimum atomic E-state index is -0.564. The third-order valence-electron chi connectivity index (χ3n) is 6.88. The molecular formula is C23H32N4O4. The average molecular weight is 429 g/mol. The monoisotopic (exact) mass is 428 g/mol. The zero-order valence-corrected chi connectivity index (χ0v) is 18.3. The highest BCUT2D eigenvalue weighted by molar-refractivity contribution is 5.99. The van der Waals surface area contributed by atoms with Crippen LogP contribution < -0.4 is 5.32 Å². The van der Waals surface area contributed by atoms with E-state index in [0.29, 0.717) is 39.0 Å². The second-order valence-corrected chi connectivity index (χ2v) is 8.76. The molecule has 0 spiro atoms. The highest BCUT2D eigenvalue weighted by Crippen LogP contribution is 2.38. The van der Waals surface area contributed by atoms with Gasteiger partial charge in [-0.1, -0.05) is 18.2 Å². The molecular weight excluding hydrogens is 396 g/mol. The Labute approximate surface area is 183 Å². The molecule has 4 rings (SSSR count). The summed E-state index contributed by atoms with van der Waals surface area (Å²) in [5.41, 5.74) is 1.17. The van der Waals surface area contributed by atoms with Crippen LogP contribution in [0.1, 0.15) is 42.1 Å². The number of benzene rings is 1. The SMILES string of the molecule is CC(=O)N1CCC(CC(=O)NCCN2CCOCC2)(N2Cc3ccccc3C2=O)CC1. The van der Waals surface area contributed by atoms with Gasteiger partial charge in [-0.25, -0.2) is 0 Å². The summed E-state index contributed by atoms with van der Waals surface area (Å²) in [6, 6.07) is 7.66. The summed E-state index contributed by atoms with van der Waals surface area (Å²) in [6.45, 7) is 7.87. The van der Waals surface area contributed by atoms with Crippen LogP contribution in [0.3, 0.4) is 0 Å². The van der Waals surface area contributed by atoms with Crippen LogP contribution in [0.4, 0.5) is 0 Å². The van der Waals surface area contributed by atoms with Crippen LogP contribution in [0.15, 0.2) is 24.3 Å². The van der Waals surface area contributed by atoms with E-state index in [1.165, 1.54) is 0 Å². The lowest BCUT2D eigenvalue weighted by Crippen LogP contribution is -2.58. The summed E-state index contributed by atoms with van der Waals surface area (Å²) < 4.78 is 5.37. The second kappa shape index (κ2) is 9.36. The number of nitrogens with zero attached hydrogens (tertiary/aromatic N) is 3. The number of carbonyl (C=O) groups is 3. The van der Waals surface area contributed by atoms with Crippen molar-refractivity contribution in [1.29, 1.82) is 0 Å². The van der Waals surface area contributed by atoms with E-state index in [1.54, 1.807) is 6.92 Å². The van der Waals surface area contributed by atoms with Crippen LogP contribution in [0.5, 0.6) is 0 Å². The van der Waals surface area contributed by atoms with Crippen LogP contribution >= 0.6 is 0 Å². The van der Waals surface area contributed by atoms with E-state index in [9.17, 15) is 14.4 Å². The Morgan fingerprint density at radius 3 is 2.48 bits per heavy atom. The number of likely N-dealkylation sites (tertiary alicyclic amines) is 1. The van der Waals surface area contributed by atoms with Crippen LogP contribution in [-0.2, 0) is 20.9 Å². The Morgan fingerprint density at radius 2 is 1.81 bits per heavy atom. The lowest BCUT2D eigenvalue weighted by molar-refractivity contribution is -0.132. The molecule has 3 amide bonds. The van der Waals surface area contributed by atoms with E-state index in [4.69, 9.17) is 4.74 Å². The molecule has 2 saturated heterocycles. The van der Waals surface area contributed by atoms with Crippen LogP contribution in [0, 0.1) is 0 Å². The quantitative estimate of drug-likeness (QED) is 0.727. The predicted molar refractivity (Wildman–Crippen MR) is 115 cm³/mol. The van der Waals surface area contributed by atoms with Gasteiger partial charge >= 0.3 is 0 Å². The molecule has 3 aliphatic rings. The molecule has 0 radical (unpaired) electrons. The molecule has 3 heterocycles. The maximum absolute atomic E-state index is 13.2. The van der Waals surface area contributed by atoms with E-state index in [2.05, 4.69) is 10.2 Å². The fourth-order valence-electron chi connectivity index (χ4n) is 4.96. The molecule has 0 aromatic heterocycles. The van der Waals surface area contributed by atoms with Gasteiger partial charge in [0.1, 0.15) is 0 Å². The average Bonchev–Trinajstić information content (AvgIpc) is 3.12. The Hall–Kier alpha value is -2.45. The first-order valence-corrected chi connectivity index (χ1v) is 11.2. The van der Waals surface area contributed by atoms with Crippen molar-refractivity contribution < 1.29 is 19.1 Å². The van der Waals surface area contributed by atoms with Crippen molar-refractivity contribution >= 4 is 17.7 Å². The Bertz CT molecular complexity index is 829. The molecule has 1 aromatic carbocycles. The van der Waals surface area contributed by atoms with Gasteiger partial charge in [-0.3, -0.25) is 19.3 Å². The van der Waals surface area contributed by atoms with Crippen LogP contribution in [0.2, 0.25) is 0 Å². The van der Waals surface area contributed by atoms with Crippen LogP contribution in [0.25, 0.3) is 0 Å². The summed E-state index contributed by atoms with van der Waals surface area (Å²) >= 11 is 0. The normalized spacial score (nSPS) is 21.1. The second-order valence-electron chi connectivity index (χ2n) is 8.76.